The molecule has 1 atom stereocenters. The Morgan fingerprint density at radius 3 is 2.43 bits per heavy atom. The summed E-state index contributed by atoms with van der Waals surface area (Å²) in [6.07, 6.45) is 1.52. The van der Waals surface area contributed by atoms with Gasteiger partial charge in [-0.1, -0.05) is 0 Å². The monoisotopic (exact) mass is 311 g/mol. The number of hydrogen-bond acceptors (Lipinski definition) is 5. The number of ether oxygens (including phenoxy) is 2. The van der Waals surface area contributed by atoms with Crippen LogP contribution in [0.5, 0.6) is 5.75 Å². The minimum absolute atomic E-state index is 0.115. The summed E-state index contributed by atoms with van der Waals surface area (Å²) < 4.78 is 33.1. The smallest absolute Gasteiger partial charge is 0.253 e. The zero-order valence-electron chi connectivity index (χ0n) is 11.9. The minimum Gasteiger partial charge on any atom is -0.497 e. The Hall–Kier alpha value is -1.86. The summed E-state index contributed by atoms with van der Waals surface area (Å²) in [6, 6.07) is 6.34. The van der Waals surface area contributed by atoms with Crippen molar-refractivity contribution in [3.05, 3.63) is 35.7 Å². The zero-order valence-corrected chi connectivity index (χ0v) is 12.7. The molecular formula is C14H17NO5S. The molecule has 1 heterocycles. The lowest BCUT2D eigenvalue weighted by Gasteiger charge is -2.27. The Balaban J connectivity index is 2.32. The Kier molecular flexibility index (Phi) is 4.64. The van der Waals surface area contributed by atoms with Crippen molar-refractivity contribution in [2.24, 2.45) is 0 Å². The van der Waals surface area contributed by atoms with Gasteiger partial charge in [-0.25, -0.2) is 8.42 Å². The Bertz CT molecular complexity index is 636. The molecule has 0 saturated heterocycles. The minimum atomic E-state index is -3.25. The van der Waals surface area contributed by atoms with E-state index in [9.17, 15) is 13.2 Å². The highest BCUT2D eigenvalue weighted by molar-refractivity contribution is 7.94. The molecule has 1 aliphatic heterocycles. The molecule has 0 saturated carbocycles. The third-order valence-corrected chi connectivity index (χ3v) is 4.51. The second kappa shape index (κ2) is 6.28. The number of nitrogens with zero attached hydrogens (tertiary/aromatic N) is 1. The van der Waals surface area contributed by atoms with Gasteiger partial charge in [-0.05, 0) is 30.3 Å². The number of methoxy groups -OCH3 is 2. The molecule has 0 aromatic heterocycles. The van der Waals surface area contributed by atoms with Crippen molar-refractivity contribution in [3.8, 4) is 5.75 Å². The van der Waals surface area contributed by atoms with Crippen LogP contribution in [0.2, 0.25) is 0 Å². The normalized spacial score (nSPS) is 19.4. The van der Waals surface area contributed by atoms with Gasteiger partial charge >= 0.3 is 0 Å². The highest BCUT2D eigenvalue weighted by atomic mass is 32.2. The number of sulfone groups is 1. The maximum Gasteiger partial charge on any atom is 0.253 e. The maximum atomic E-state index is 12.2. The molecule has 1 amide bonds. The number of rotatable bonds is 5. The van der Waals surface area contributed by atoms with Crippen molar-refractivity contribution in [2.75, 3.05) is 31.5 Å². The predicted molar refractivity (Wildman–Crippen MR) is 79.1 cm³/mol. The molecule has 7 heteroatoms. The number of hydrogen-bond donors (Lipinski definition) is 0. The van der Waals surface area contributed by atoms with E-state index in [0.717, 1.165) is 5.41 Å². The van der Waals surface area contributed by atoms with E-state index in [0.29, 0.717) is 11.4 Å². The molecule has 2 rings (SSSR count). The second-order valence-electron chi connectivity index (χ2n) is 4.62. The molecule has 0 spiro atoms. The summed E-state index contributed by atoms with van der Waals surface area (Å²) >= 11 is 0. The zero-order chi connectivity index (χ0) is 15.5. The van der Waals surface area contributed by atoms with E-state index in [4.69, 9.17) is 9.47 Å². The van der Waals surface area contributed by atoms with Gasteiger partial charge in [0.05, 0.1) is 18.9 Å². The third kappa shape index (κ3) is 3.62. The SMILES string of the molecule is COCC(=O)N(c1ccc(OC)cc1)[C@@H]1C=CS(=O)(=O)C1. The summed E-state index contributed by atoms with van der Waals surface area (Å²) in [4.78, 5) is 13.7. The van der Waals surface area contributed by atoms with Crippen LogP contribution in [0.15, 0.2) is 35.7 Å². The summed E-state index contributed by atoms with van der Waals surface area (Å²) in [5, 5.41) is 1.15. The largest absolute Gasteiger partial charge is 0.497 e. The molecule has 0 aliphatic carbocycles. The molecule has 0 N–H and O–H groups in total. The highest BCUT2D eigenvalue weighted by Gasteiger charge is 2.31. The highest BCUT2D eigenvalue weighted by Crippen LogP contribution is 2.25. The summed E-state index contributed by atoms with van der Waals surface area (Å²) in [5.41, 5.74) is 0.601. The van der Waals surface area contributed by atoms with Crippen LogP contribution in [0, 0.1) is 0 Å². The van der Waals surface area contributed by atoms with E-state index in [-0.39, 0.29) is 18.3 Å². The topological polar surface area (TPSA) is 72.9 Å². The summed E-state index contributed by atoms with van der Waals surface area (Å²) in [5.74, 6) is 0.246. The Morgan fingerprint density at radius 1 is 1.29 bits per heavy atom. The van der Waals surface area contributed by atoms with E-state index in [1.165, 1.54) is 18.1 Å². The number of anilines is 1. The number of amides is 1. The molecule has 21 heavy (non-hydrogen) atoms. The van der Waals surface area contributed by atoms with Crippen LogP contribution in [0.3, 0.4) is 0 Å². The van der Waals surface area contributed by atoms with E-state index >= 15 is 0 Å². The molecule has 0 fully saturated rings. The molecule has 1 aromatic carbocycles. The average Bonchev–Trinajstić information content (AvgIpc) is 2.80. The number of carbonyl (C=O) groups excluding carboxylic acids is 1. The Morgan fingerprint density at radius 2 is 1.95 bits per heavy atom. The lowest BCUT2D eigenvalue weighted by Crippen LogP contribution is -2.43. The molecule has 1 aromatic rings. The van der Waals surface area contributed by atoms with Gasteiger partial charge in [0.15, 0.2) is 9.84 Å². The van der Waals surface area contributed by atoms with Crippen LogP contribution in [-0.2, 0) is 19.4 Å². The van der Waals surface area contributed by atoms with Gasteiger partial charge in [-0.15, -0.1) is 0 Å². The van der Waals surface area contributed by atoms with Crippen molar-refractivity contribution < 1.29 is 22.7 Å². The van der Waals surface area contributed by atoms with Gasteiger partial charge in [0, 0.05) is 18.2 Å². The van der Waals surface area contributed by atoms with Gasteiger partial charge in [-0.2, -0.15) is 0 Å². The number of benzene rings is 1. The summed E-state index contributed by atoms with van der Waals surface area (Å²) in [6.45, 7) is -0.115. The lowest BCUT2D eigenvalue weighted by molar-refractivity contribution is -0.122. The van der Waals surface area contributed by atoms with Crippen molar-refractivity contribution in [1.29, 1.82) is 0 Å². The van der Waals surface area contributed by atoms with Gasteiger partial charge < -0.3 is 14.4 Å². The summed E-state index contributed by atoms with van der Waals surface area (Å²) in [7, 11) is -0.277. The van der Waals surface area contributed by atoms with Gasteiger partial charge in [-0.3, -0.25) is 4.79 Å². The van der Waals surface area contributed by atoms with E-state index in [2.05, 4.69) is 0 Å². The van der Waals surface area contributed by atoms with E-state index in [1.807, 2.05) is 0 Å². The van der Waals surface area contributed by atoms with Gasteiger partial charge in [0.1, 0.15) is 12.4 Å². The number of carbonyl (C=O) groups is 1. The van der Waals surface area contributed by atoms with Crippen LogP contribution < -0.4 is 9.64 Å². The van der Waals surface area contributed by atoms with Crippen LogP contribution in [0.25, 0.3) is 0 Å². The van der Waals surface area contributed by atoms with Crippen molar-refractivity contribution in [3.63, 3.8) is 0 Å². The van der Waals surface area contributed by atoms with Crippen LogP contribution >= 0.6 is 0 Å². The molecule has 0 unspecified atom stereocenters. The van der Waals surface area contributed by atoms with Gasteiger partial charge in [0.25, 0.3) is 5.91 Å². The quantitative estimate of drug-likeness (QED) is 0.810. The fourth-order valence-electron chi connectivity index (χ4n) is 2.18. The van der Waals surface area contributed by atoms with E-state index in [1.54, 1.807) is 31.4 Å². The third-order valence-electron chi connectivity index (χ3n) is 3.13. The van der Waals surface area contributed by atoms with Gasteiger partial charge in [0.2, 0.25) is 0 Å². The maximum absolute atomic E-state index is 12.2. The van der Waals surface area contributed by atoms with Crippen molar-refractivity contribution >= 4 is 21.4 Å². The average molecular weight is 311 g/mol. The van der Waals surface area contributed by atoms with Crippen molar-refractivity contribution in [2.45, 2.75) is 6.04 Å². The molecule has 6 nitrogen and oxygen atoms in total. The molecule has 1 aliphatic rings. The first-order valence-electron chi connectivity index (χ1n) is 6.33. The standard InChI is InChI=1S/C14H17NO5S/c1-19-9-14(16)15(12-7-8-21(17,18)10-12)11-3-5-13(20-2)6-4-11/h3-8,12H,9-10H2,1-2H3/t12-/m1/s1. The molecular weight excluding hydrogens is 294 g/mol. The fourth-order valence-corrected chi connectivity index (χ4v) is 3.44. The molecule has 0 radical (unpaired) electrons. The van der Waals surface area contributed by atoms with Crippen molar-refractivity contribution in [1.82, 2.24) is 0 Å². The fraction of sp³-hybridized carbons (Fsp3) is 0.357. The first-order chi connectivity index (χ1) is 9.96. The molecule has 114 valence electrons. The van der Waals surface area contributed by atoms with Crippen LogP contribution in [0.1, 0.15) is 0 Å². The predicted octanol–water partition coefficient (Wildman–Crippen LogP) is 0.985. The Labute approximate surface area is 123 Å². The lowest BCUT2D eigenvalue weighted by atomic mass is 10.2. The first-order valence-corrected chi connectivity index (χ1v) is 8.04. The second-order valence-corrected chi connectivity index (χ2v) is 6.55. The van der Waals surface area contributed by atoms with Crippen LogP contribution in [0.4, 0.5) is 5.69 Å². The van der Waals surface area contributed by atoms with Crippen LogP contribution in [-0.4, -0.2) is 46.9 Å². The molecule has 0 bridgehead atoms. The van der Waals surface area contributed by atoms with E-state index < -0.39 is 15.9 Å². The first kappa shape index (κ1) is 15.5.